The number of aromatic nitrogens is 1. The summed E-state index contributed by atoms with van der Waals surface area (Å²) >= 11 is 5.91. The standard InChI is InChI=1S/C12H11ClF2N2O/c13-8-1-2-11-9(5-8)10(16-18-11)6-17-4-3-12(14,15)7-17/h1-2,5H,3-4,6-7H2. The first-order valence-corrected chi connectivity index (χ1v) is 6.05. The van der Waals surface area contributed by atoms with Crippen LogP contribution >= 0.6 is 11.6 Å². The highest BCUT2D eigenvalue weighted by Crippen LogP contribution is 2.29. The van der Waals surface area contributed by atoms with Crippen LogP contribution in [-0.4, -0.2) is 29.1 Å². The lowest BCUT2D eigenvalue weighted by atomic mass is 10.2. The number of rotatable bonds is 2. The molecule has 1 aliphatic heterocycles. The molecule has 0 spiro atoms. The van der Waals surface area contributed by atoms with Gasteiger partial charge in [0.25, 0.3) is 5.92 Å². The Bertz CT molecular complexity index is 584. The molecule has 3 nitrogen and oxygen atoms in total. The maximum absolute atomic E-state index is 13.1. The molecule has 1 fully saturated rings. The molecule has 0 bridgehead atoms. The van der Waals surface area contributed by atoms with Crippen molar-refractivity contribution in [3.8, 4) is 0 Å². The van der Waals surface area contributed by atoms with Crippen molar-refractivity contribution >= 4 is 22.6 Å². The molecular weight excluding hydrogens is 262 g/mol. The van der Waals surface area contributed by atoms with Crippen LogP contribution in [0.3, 0.4) is 0 Å². The average Bonchev–Trinajstić information content (AvgIpc) is 2.84. The molecule has 1 aromatic carbocycles. The minimum absolute atomic E-state index is 0.0937. The Morgan fingerprint density at radius 2 is 2.28 bits per heavy atom. The second-order valence-electron chi connectivity index (χ2n) is 4.59. The first-order valence-electron chi connectivity index (χ1n) is 5.67. The number of hydrogen-bond acceptors (Lipinski definition) is 3. The van der Waals surface area contributed by atoms with Gasteiger partial charge in [-0.3, -0.25) is 4.90 Å². The first-order chi connectivity index (χ1) is 8.53. The number of halogens is 3. The summed E-state index contributed by atoms with van der Waals surface area (Å²) in [5.74, 6) is -2.59. The van der Waals surface area contributed by atoms with Gasteiger partial charge in [-0.2, -0.15) is 0 Å². The highest BCUT2D eigenvalue weighted by Gasteiger charge is 2.38. The second-order valence-corrected chi connectivity index (χ2v) is 5.02. The van der Waals surface area contributed by atoms with E-state index in [1.807, 2.05) is 0 Å². The third-order valence-electron chi connectivity index (χ3n) is 3.13. The molecule has 1 aromatic heterocycles. The lowest BCUT2D eigenvalue weighted by Crippen LogP contribution is -2.25. The van der Waals surface area contributed by atoms with Crippen LogP contribution in [0, 0.1) is 0 Å². The highest BCUT2D eigenvalue weighted by molar-refractivity contribution is 6.31. The fourth-order valence-corrected chi connectivity index (χ4v) is 2.40. The van der Waals surface area contributed by atoms with Crippen LogP contribution in [-0.2, 0) is 6.54 Å². The van der Waals surface area contributed by atoms with E-state index in [1.54, 1.807) is 23.1 Å². The zero-order chi connectivity index (χ0) is 12.8. The van der Waals surface area contributed by atoms with E-state index in [-0.39, 0.29) is 13.0 Å². The molecule has 3 rings (SSSR count). The van der Waals surface area contributed by atoms with Gasteiger partial charge in [0.05, 0.1) is 6.54 Å². The molecule has 2 aromatic rings. The van der Waals surface area contributed by atoms with Gasteiger partial charge in [-0.05, 0) is 18.2 Å². The zero-order valence-electron chi connectivity index (χ0n) is 9.50. The van der Waals surface area contributed by atoms with Gasteiger partial charge < -0.3 is 4.52 Å². The lowest BCUT2D eigenvalue weighted by Gasteiger charge is -2.13. The van der Waals surface area contributed by atoms with Gasteiger partial charge >= 0.3 is 0 Å². The molecule has 0 N–H and O–H groups in total. The Morgan fingerprint density at radius 1 is 1.44 bits per heavy atom. The van der Waals surface area contributed by atoms with Crippen molar-refractivity contribution in [1.29, 1.82) is 0 Å². The van der Waals surface area contributed by atoms with E-state index in [0.29, 0.717) is 29.4 Å². The average molecular weight is 273 g/mol. The Hall–Kier alpha value is -1.20. The monoisotopic (exact) mass is 272 g/mol. The Morgan fingerprint density at radius 3 is 3.00 bits per heavy atom. The fraction of sp³-hybridized carbons (Fsp3) is 0.417. The molecule has 2 heterocycles. The van der Waals surface area contributed by atoms with Crippen molar-refractivity contribution in [2.24, 2.45) is 0 Å². The van der Waals surface area contributed by atoms with Crippen LogP contribution in [0.15, 0.2) is 22.7 Å². The van der Waals surface area contributed by atoms with Gasteiger partial charge in [0.15, 0.2) is 5.58 Å². The summed E-state index contributed by atoms with van der Waals surface area (Å²) in [5.41, 5.74) is 1.28. The molecule has 0 amide bonds. The Kier molecular flexibility index (Phi) is 2.75. The van der Waals surface area contributed by atoms with Gasteiger partial charge in [-0.15, -0.1) is 0 Å². The van der Waals surface area contributed by atoms with Crippen LogP contribution in [0.1, 0.15) is 12.1 Å². The molecule has 0 aliphatic carbocycles. The summed E-state index contributed by atoms with van der Waals surface area (Å²) in [6.45, 7) is 0.521. The molecule has 0 unspecified atom stereocenters. The van der Waals surface area contributed by atoms with Gasteiger partial charge in [-0.25, -0.2) is 8.78 Å². The molecule has 1 aliphatic rings. The Labute approximate surface area is 107 Å². The van der Waals surface area contributed by atoms with Crippen molar-refractivity contribution in [3.63, 3.8) is 0 Å². The maximum Gasteiger partial charge on any atom is 0.261 e. The summed E-state index contributed by atoms with van der Waals surface area (Å²) < 4.78 is 31.3. The van der Waals surface area contributed by atoms with Crippen molar-refractivity contribution in [3.05, 3.63) is 28.9 Å². The van der Waals surface area contributed by atoms with E-state index >= 15 is 0 Å². The van der Waals surface area contributed by atoms with E-state index in [1.165, 1.54) is 0 Å². The number of nitrogens with zero attached hydrogens (tertiary/aromatic N) is 2. The van der Waals surface area contributed by atoms with Crippen molar-refractivity contribution in [1.82, 2.24) is 10.1 Å². The number of alkyl halides is 2. The molecule has 1 saturated heterocycles. The summed E-state index contributed by atoms with van der Waals surface area (Å²) in [6, 6.07) is 5.19. The predicted molar refractivity (Wildman–Crippen MR) is 63.9 cm³/mol. The second kappa shape index (κ2) is 4.17. The topological polar surface area (TPSA) is 29.3 Å². The predicted octanol–water partition coefficient (Wildman–Crippen LogP) is 3.32. The van der Waals surface area contributed by atoms with Crippen LogP contribution in [0.25, 0.3) is 11.0 Å². The third kappa shape index (κ3) is 2.20. The molecule has 0 saturated carbocycles. The van der Waals surface area contributed by atoms with E-state index in [9.17, 15) is 8.78 Å². The first kappa shape index (κ1) is 11.9. The summed E-state index contributed by atoms with van der Waals surface area (Å²) in [5, 5.41) is 5.30. The summed E-state index contributed by atoms with van der Waals surface area (Å²) in [6.07, 6.45) is -0.0937. The van der Waals surface area contributed by atoms with E-state index < -0.39 is 5.92 Å². The van der Waals surface area contributed by atoms with E-state index in [2.05, 4.69) is 5.16 Å². The normalized spacial score (nSPS) is 19.7. The molecular formula is C12H11ClF2N2O. The van der Waals surface area contributed by atoms with Crippen LogP contribution < -0.4 is 0 Å². The van der Waals surface area contributed by atoms with Crippen LogP contribution in [0.2, 0.25) is 5.02 Å². The fourth-order valence-electron chi connectivity index (χ4n) is 2.23. The largest absolute Gasteiger partial charge is 0.356 e. The quantitative estimate of drug-likeness (QED) is 0.840. The van der Waals surface area contributed by atoms with Crippen molar-refractivity contribution in [2.75, 3.05) is 13.1 Å². The third-order valence-corrected chi connectivity index (χ3v) is 3.36. The lowest BCUT2D eigenvalue weighted by molar-refractivity contribution is 0.0113. The van der Waals surface area contributed by atoms with Crippen molar-refractivity contribution in [2.45, 2.75) is 18.9 Å². The van der Waals surface area contributed by atoms with Gasteiger partial charge in [0.1, 0.15) is 5.69 Å². The van der Waals surface area contributed by atoms with Crippen LogP contribution in [0.5, 0.6) is 0 Å². The number of fused-ring (bicyclic) bond motifs is 1. The highest BCUT2D eigenvalue weighted by atomic mass is 35.5. The molecule has 6 heteroatoms. The number of benzene rings is 1. The van der Waals surface area contributed by atoms with Gasteiger partial charge in [-0.1, -0.05) is 16.8 Å². The molecule has 0 radical (unpaired) electrons. The van der Waals surface area contributed by atoms with Crippen LogP contribution in [0.4, 0.5) is 8.78 Å². The van der Waals surface area contributed by atoms with Gasteiger partial charge in [0, 0.05) is 29.9 Å². The smallest absolute Gasteiger partial charge is 0.261 e. The Balaban J connectivity index is 1.85. The van der Waals surface area contributed by atoms with Crippen molar-refractivity contribution < 1.29 is 13.3 Å². The molecule has 18 heavy (non-hydrogen) atoms. The molecule has 0 atom stereocenters. The maximum atomic E-state index is 13.1. The minimum atomic E-state index is -2.59. The van der Waals surface area contributed by atoms with E-state index in [0.717, 1.165) is 5.39 Å². The number of hydrogen-bond donors (Lipinski definition) is 0. The SMILES string of the molecule is FC1(F)CCN(Cc2noc3ccc(Cl)cc23)C1. The number of likely N-dealkylation sites (tertiary alicyclic amines) is 1. The molecule has 96 valence electrons. The van der Waals surface area contributed by atoms with E-state index in [4.69, 9.17) is 16.1 Å². The zero-order valence-corrected chi connectivity index (χ0v) is 10.3. The van der Waals surface area contributed by atoms with Gasteiger partial charge in [0.2, 0.25) is 0 Å². The summed E-state index contributed by atoms with van der Waals surface area (Å²) in [4.78, 5) is 1.68. The minimum Gasteiger partial charge on any atom is -0.356 e. The summed E-state index contributed by atoms with van der Waals surface area (Å²) in [7, 11) is 0.